The van der Waals surface area contributed by atoms with Gasteiger partial charge >= 0.3 is 0 Å². The van der Waals surface area contributed by atoms with Crippen LogP contribution in [0.25, 0.3) is 11.1 Å². The predicted molar refractivity (Wildman–Crippen MR) is 108 cm³/mol. The average Bonchev–Trinajstić information content (AvgIpc) is 2.73. The van der Waals surface area contributed by atoms with E-state index in [4.69, 9.17) is 4.74 Å². The molecule has 3 rings (SSSR count). The van der Waals surface area contributed by atoms with E-state index in [1.807, 2.05) is 48.5 Å². The molecule has 1 amide bonds. The van der Waals surface area contributed by atoms with Gasteiger partial charge in [-0.25, -0.2) is 0 Å². The van der Waals surface area contributed by atoms with Crippen molar-refractivity contribution in [2.45, 2.75) is 13.0 Å². The van der Waals surface area contributed by atoms with Gasteiger partial charge in [0.2, 0.25) is 6.41 Å². The lowest BCUT2D eigenvalue weighted by Gasteiger charge is -2.22. The van der Waals surface area contributed by atoms with Gasteiger partial charge < -0.3 is 20.5 Å². The highest BCUT2D eigenvalue weighted by atomic mass is 16.8. The summed E-state index contributed by atoms with van der Waals surface area (Å²) in [5.74, 6) is 0.673. The zero-order chi connectivity index (χ0) is 19.9. The van der Waals surface area contributed by atoms with E-state index >= 15 is 0 Å². The average molecular weight is 377 g/mol. The summed E-state index contributed by atoms with van der Waals surface area (Å²) in [6, 6.07) is 20.5. The van der Waals surface area contributed by atoms with Crippen molar-refractivity contribution in [1.29, 1.82) is 0 Å². The lowest BCUT2D eigenvalue weighted by atomic mass is 9.96. The molecule has 0 aliphatic rings. The first-order chi connectivity index (χ1) is 13.6. The minimum atomic E-state index is -0.157. The second-order valence-electron chi connectivity index (χ2n) is 6.30. The fourth-order valence-corrected chi connectivity index (χ4v) is 3.16. The molecule has 0 aromatic heterocycles. The number of carbonyl (C=O) groups is 1. The molecular weight excluding hydrogens is 356 g/mol. The molecule has 6 nitrogen and oxygen atoms in total. The molecule has 0 unspecified atom stereocenters. The lowest BCUT2D eigenvalue weighted by Crippen LogP contribution is -2.11. The molecule has 0 aliphatic heterocycles. The van der Waals surface area contributed by atoms with Gasteiger partial charge in [0.1, 0.15) is 5.75 Å². The third-order valence-corrected chi connectivity index (χ3v) is 4.53. The summed E-state index contributed by atoms with van der Waals surface area (Å²) in [6.45, 7) is 0.473. The summed E-state index contributed by atoms with van der Waals surface area (Å²) >= 11 is 0. The smallest absolute Gasteiger partial charge is 0.207 e. The molecule has 28 heavy (non-hydrogen) atoms. The van der Waals surface area contributed by atoms with E-state index in [0.29, 0.717) is 25.1 Å². The molecule has 0 radical (unpaired) electrons. The molecule has 6 heteroatoms. The maximum Gasteiger partial charge on any atom is 0.207 e. The number of benzene rings is 3. The van der Waals surface area contributed by atoms with E-state index in [-0.39, 0.29) is 10.9 Å². The van der Waals surface area contributed by atoms with Crippen LogP contribution >= 0.6 is 0 Å². The summed E-state index contributed by atoms with van der Waals surface area (Å²) in [5.41, 5.74) is 4.96. The Hall–Kier alpha value is -3.35. The minimum absolute atomic E-state index is 0.148. The first-order valence-electron chi connectivity index (χ1n) is 8.79. The third kappa shape index (κ3) is 4.49. The highest BCUT2D eigenvalue weighted by molar-refractivity contribution is 5.74. The van der Waals surface area contributed by atoms with Crippen molar-refractivity contribution in [1.82, 2.24) is 5.32 Å². The highest BCUT2D eigenvalue weighted by Gasteiger charge is 2.10. The summed E-state index contributed by atoms with van der Waals surface area (Å²) in [6.07, 6.45) is 1.37. The summed E-state index contributed by atoms with van der Waals surface area (Å²) in [7, 11) is 1.59. The Balaban J connectivity index is 1.96. The Morgan fingerprint density at radius 2 is 1.86 bits per heavy atom. The monoisotopic (exact) mass is 377 g/mol. The van der Waals surface area contributed by atoms with E-state index in [1.165, 1.54) is 6.07 Å². The Bertz CT molecular complexity index is 957. The maximum atomic E-state index is 11.2. The van der Waals surface area contributed by atoms with Crippen LogP contribution in [0.15, 0.2) is 66.7 Å². The van der Waals surface area contributed by atoms with Crippen molar-refractivity contribution < 1.29 is 14.7 Å². The number of anilines is 1. The van der Waals surface area contributed by atoms with E-state index < -0.39 is 0 Å². The molecule has 144 valence electrons. The van der Waals surface area contributed by atoms with Gasteiger partial charge in [-0.1, -0.05) is 42.5 Å². The Labute approximate surface area is 163 Å². The molecule has 3 aromatic carbocycles. The Morgan fingerprint density at radius 1 is 1.07 bits per heavy atom. The lowest BCUT2D eigenvalue weighted by molar-refractivity contribution is -0.109. The van der Waals surface area contributed by atoms with E-state index in [9.17, 15) is 15.2 Å². The number of carbonyl (C=O) groups excluding carboxylic acids is 1. The summed E-state index contributed by atoms with van der Waals surface area (Å²) in [4.78, 5) is 10.6. The SMILES string of the molecule is COc1ccc(Cc2ccccc2CNC=O)cc1-c1cccc(N([O-])O)c1. The maximum absolute atomic E-state index is 11.2. The molecule has 0 atom stereocenters. The van der Waals surface area contributed by atoms with Crippen LogP contribution in [0.5, 0.6) is 5.75 Å². The number of rotatable bonds is 8. The number of hydrogen-bond acceptors (Lipinski definition) is 5. The predicted octanol–water partition coefficient (Wildman–Crippen LogP) is 3.89. The van der Waals surface area contributed by atoms with Gasteiger partial charge in [-0.15, -0.1) is 0 Å². The number of amides is 1. The molecule has 3 aromatic rings. The summed E-state index contributed by atoms with van der Waals surface area (Å²) < 4.78 is 5.48. The molecule has 0 aliphatic carbocycles. The number of nitrogens with one attached hydrogen (secondary N) is 1. The van der Waals surface area contributed by atoms with Crippen LogP contribution in [0.1, 0.15) is 16.7 Å². The first kappa shape index (κ1) is 19.4. The fraction of sp³-hybridized carbons (Fsp3) is 0.136. The molecular formula is C22H21N2O4-. The topological polar surface area (TPSA) is 84.9 Å². The van der Waals surface area contributed by atoms with Gasteiger partial charge in [-0.2, -0.15) is 0 Å². The zero-order valence-electron chi connectivity index (χ0n) is 15.5. The fourth-order valence-electron chi connectivity index (χ4n) is 3.16. The van der Waals surface area contributed by atoms with Crippen LogP contribution < -0.4 is 15.3 Å². The second kappa shape index (κ2) is 9.03. The molecule has 0 bridgehead atoms. The van der Waals surface area contributed by atoms with Crippen molar-refractivity contribution >= 4 is 12.1 Å². The standard InChI is InChI=1S/C22H21N2O4/c1-28-22-10-9-16(11-17-5-2-3-6-19(17)14-23-15-25)12-21(22)18-7-4-8-20(13-18)24(26)27/h2-10,12-13,15,26H,11,14H2,1H3,(H,23,25)/q-1. The molecule has 0 spiro atoms. The van der Waals surface area contributed by atoms with Crippen molar-refractivity contribution in [2.24, 2.45) is 0 Å². The van der Waals surface area contributed by atoms with Crippen LogP contribution in [-0.2, 0) is 17.8 Å². The molecule has 2 N–H and O–H groups in total. The minimum Gasteiger partial charge on any atom is -0.733 e. The largest absolute Gasteiger partial charge is 0.733 e. The van der Waals surface area contributed by atoms with Gasteiger partial charge in [0, 0.05) is 12.1 Å². The molecule has 0 heterocycles. The Kier molecular flexibility index (Phi) is 6.26. The van der Waals surface area contributed by atoms with Crippen molar-refractivity contribution in [2.75, 3.05) is 12.3 Å². The van der Waals surface area contributed by atoms with Gasteiger partial charge in [-0.3, -0.25) is 10.0 Å². The van der Waals surface area contributed by atoms with Crippen molar-refractivity contribution in [3.63, 3.8) is 0 Å². The quantitative estimate of drug-likeness (QED) is 0.459. The first-order valence-corrected chi connectivity index (χ1v) is 8.79. The second-order valence-corrected chi connectivity index (χ2v) is 6.30. The van der Waals surface area contributed by atoms with Gasteiger partial charge in [0.15, 0.2) is 0 Å². The highest BCUT2D eigenvalue weighted by Crippen LogP contribution is 2.33. The van der Waals surface area contributed by atoms with Crippen LogP contribution in [0.2, 0.25) is 0 Å². The third-order valence-electron chi connectivity index (χ3n) is 4.53. The van der Waals surface area contributed by atoms with E-state index in [1.54, 1.807) is 19.2 Å². The van der Waals surface area contributed by atoms with Crippen LogP contribution in [0.4, 0.5) is 5.69 Å². The number of nitrogens with zero attached hydrogens (tertiary/aromatic N) is 1. The molecule has 0 saturated carbocycles. The van der Waals surface area contributed by atoms with Crippen molar-refractivity contribution in [3.8, 4) is 16.9 Å². The van der Waals surface area contributed by atoms with Gasteiger partial charge in [0.05, 0.1) is 12.8 Å². The number of hydrogen-bond donors (Lipinski definition) is 2. The Morgan fingerprint density at radius 3 is 2.57 bits per heavy atom. The van der Waals surface area contributed by atoms with Crippen LogP contribution in [0.3, 0.4) is 0 Å². The number of methoxy groups -OCH3 is 1. The molecule has 0 saturated heterocycles. The molecule has 0 fully saturated rings. The van der Waals surface area contributed by atoms with Gasteiger partial charge in [-0.05, 0) is 52.9 Å². The number of ether oxygens (including phenoxy) is 1. The van der Waals surface area contributed by atoms with E-state index in [2.05, 4.69) is 5.32 Å². The zero-order valence-corrected chi connectivity index (χ0v) is 15.5. The normalized spacial score (nSPS) is 10.4. The van der Waals surface area contributed by atoms with Crippen LogP contribution in [0, 0.1) is 5.21 Å². The van der Waals surface area contributed by atoms with Crippen LogP contribution in [-0.4, -0.2) is 18.7 Å². The summed E-state index contributed by atoms with van der Waals surface area (Å²) in [5, 5.41) is 23.0. The van der Waals surface area contributed by atoms with Gasteiger partial charge in [0.25, 0.3) is 0 Å². The van der Waals surface area contributed by atoms with Crippen molar-refractivity contribution in [3.05, 3.63) is 88.6 Å². The van der Waals surface area contributed by atoms with E-state index in [0.717, 1.165) is 27.8 Å².